The summed E-state index contributed by atoms with van der Waals surface area (Å²) in [4.78, 5) is 13.7. The van der Waals surface area contributed by atoms with Gasteiger partial charge >= 0.3 is 0 Å². The molecule has 98 valence electrons. The molecule has 2 nitrogen and oxygen atoms in total. The smallest absolute Gasteiger partial charge is 0.222 e. The third-order valence-electron chi connectivity index (χ3n) is 4.10. The van der Waals surface area contributed by atoms with Crippen molar-refractivity contribution in [2.24, 2.45) is 5.41 Å². The second kappa shape index (κ2) is 5.55. The molecule has 1 aliphatic heterocycles. The molecule has 1 aromatic carbocycles. The van der Waals surface area contributed by atoms with Crippen molar-refractivity contribution in [2.45, 2.75) is 39.5 Å². The van der Waals surface area contributed by atoms with Crippen molar-refractivity contribution in [3.8, 4) is 0 Å². The predicted molar refractivity (Wildman–Crippen MR) is 74.4 cm³/mol. The Kier molecular flexibility index (Phi) is 4.05. The first-order valence-electron chi connectivity index (χ1n) is 6.95. The SMILES string of the molecule is CCC(=O)N1CCC(C)(Cc2ccccc2)CC1. The van der Waals surface area contributed by atoms with Crippen LogP contribution in [-0.2, 0) is 11.2 Å². The number of piperidine rings is 1. The van der Waals surface area contributed by atoms with E-state index >= 15 is 0 Å². The van der Waals surface area contributed by atoms with Gasteiger partial charge in [0.05, 0.1) is 0 Å². The lowest BCUT2D eigenvalue weighted by Gasteiger charge is -2.39. The van der Waals surface area contributed by atoms with Crippen molar-refractivity contribution in [3.05, 3.63) is 35.9 Å². The Labute approximate surface area is 110 Å². The summed E-state index contributed by atoms with van der Waals surface area (Å²) in [6.45, 7) is 6.15. The van der Waals surface area contributed by atoms with Gasteiger partial charge in [-0.1, -0.05) is 44.2 Å². The van der Waals surface area contributed by atoms with Crippen molar-refractivity contribution in [1.29, 1.82) is 0 Å². The van der Waals surface area contributed by atoms with E-state index in [0.717, 1.165) is 32.4 Å². The van der Waals surface area contributed by atoms with Crippen LogP contribution in [0.2, 0.25) is 0 Å². The minimum atomic E-state index is 0.303. The number of rotatable bonds is 3. The minimum absolute atomic E-state index is 0.303. The summed E-state index contributed by atoms with van der Waals surface area (Å²) in [7, 11) is 0. The standard InChI is InChI=1S/C16H23NO/c1-3-15(18)17-11-9-16(2,10-12-17)13-14-7-5-4-6-8-14/h4-8H,3,9-13H2,1-2H3. The molecule has 1 amide bonds. The lowest BCUT2D eigenvalue weighted by Crippen LogP contribution is -2.42. The van der Waals surface area contributed by atoms with Crippen molar-refractivity contribution < 1.29 is 4.79 Å². The first kappa shape index (κ1) is 13.1. The third kappa shape index (κ3) is 3.12. The highest BCUT2D eigenvalue weighted by Crippen LogP contribution is 2.34. The lowest BCUT2D eigenvalue weighted by atomic mass is 9.75. The van der Waals surface area contributed by atoms with Gasteiger partial charge in [0, 0.05) is 19.5 Å². The normalized spacial score (nSPS) is 18.7. The van der Waals surface area contributed by atoms with Crippen molar-refractivity contribution in [2.75, 3.05) is 13.1 Å². The fourth-order valence-electron chi connectivity index (χ4n) is 2.79. The zero-order chi connectivity index (χ0) is 13.0. The van der Waals surface area contributed by atoms with Crippen molar-refractivity contribution in [3.63, 3.8) is 0 Å². The Bertz CT molecular complexity index is 391. The van der Waals surface area contributed by atoms with Crippen LogP contribution >= 0.6 is 0 Å². The van der Waals surface area contributed by atoms with Crippen LogP contribution in [0.1, 0.15) is 38.7 Å². The highest BCUT2D eigenvalue weighted by Gasteiger charge is 2.31. The molecule has 0 bridgehead atoms. The Morgan fingerprint density at radius 1 is 1.22 bits per heavy atom. The monoisotopic (exact) mass is 245 g/mol. The molecule has 1 aliphatic rings. The second-order valence-corrected chi connectivity index (χ2v) is 5.71. The Hall–Kier alpha value is -1.31. The van der Waals surface area contributed by atoms with Gasteiger partial charge in [-0.3, -0.25) is 4.79 Å². The molecule has 1 saturated heterocycles. The number of hydrogen-bond acceptors (Lipinski definition) is 1. The van der Waals surface area contributed by atoms with Gasteiger partial charge in [0.2, 0.25) is 5.91 Å². The van der Waals surface area contributed by atoms with Gasteiger partial charge in [-0.25, -0.2) is 0 Å². The molecular weight excluding hydrogens is 222 g/mol. The number of nitrogens with zero attached hydrogens (tertiary/aromatic N) is 1. The van der Waals surface area contributed by atoms with Crippen molar-refractivity contribution in [1.82, 2.24) is 4.90 Å². The minimum Gasteiger partial charge on any atom is -0.343 e. The maximum atomic E-state index is 11.7. The summed E-state index contributed by atoms with van der Waals surface area (Å²) in [5, 5.41) is 0. The van der Waals surface area contributed by atoms with Gasteiger partial charge < -0.3 is 4.90 Å². The Morgan fingerprint density at radius 3 is 2.39 bits per heavy atom. The molecule has 0 aliphatic carbocycles. The van der Waals surface area contributed by atoms with Gasteiger partial charge in [-0.2, -0.15) is 0 Å². The molecule has 0 N–H and O–H groups in total. The summed E-state index contributed by atoms with van der Waals surface area (Å²) in [6, 6.07) is 10.7. The first-order valence-corrected chi connectivity index (χ1v) is 6.95. The van der Waals surface area contributed by atoms with E-state index in [4.69, 9.17) is 0 Å². The quantitative estimate of drug-likeness (QED) is 0.800. The lowest BCUT2D eigenvalue weighted by molar-refractivity contribution is -0.133. The summed E-state index contributed by atoms with van der Waals surface area (Å²) in [5.41, 5.74) is 1.77. The second-order valence-electron chi connectivity index (χ2n) is 5.71. The molecule has 1 heterocycles. The van der Waals surface area contributed by atoms with E-state index in [9.17, 15) is 4.79 Å². The van der Waals surface area contributed by atoms with E-state index < -0.39 is 0 Å². The molecule has 2 rings (SSSR count). The molecule has 0 atom stereocenters. The number of hydrogen-bond donors (Lipinski definition) is 0. The van der Waals surface area contributed by atoms with Crippen LogP contribution < -0.4 is 0 Å². The number of benzene rings is 1. The number of carbonyl (C=O) groups excluding carboxylic acids is 1. The number of likely N-dealkylation sites (tertiary alicyclic amines) is 1. The molecule has 18 heavy (non-hydrogen) atoms. The first-order chi connectivity index (χ1) is 8.63. The van der Waals surface area contributed by atoms with Crippen LogP contribution in [0.4, 0.5) is 0 Å². The Morgan fingerprint density at radius 2 is 1.83 bits per heavy atom. The zero-order valence-electron chi connectivity index (χ0n) is 11.5. The van der Waals surface area contributed by atoms with Crippen LogP contribution in [0, 0.1) is 5.41 Å². The molecule has 1 fully saturated rings. The van der Waals surface area contributed by atoms with E-state index in [-0.39, 0.29) is 0 Å². The van der Waals surface area contributed by atoms with Crippen LogP contribution in [0.25, 0.3) is 0 Å². The highest BCUT2D eigenvalue weighted by molar-refractivity contribution is 5.75. The van der Waals surface area contributed by atoms with E-state index in [1.54, 1.807) is 0 Å². The summed E-state index contributed by atoms with van der Waals surface area (Å²) in [5.74, 6) is 0.303. The van der Waals surface area contributed by atoms with E-state index in [0.29, 0.717) is 17.7 Å². The molecule has 0 aromatic heterocycles. The third-order valence-corrected chi connectivity index (χ3v) is 4.10. The maximum Gasteiger partial charge on any atom is 0.222 e. The van der Waals surface area contributed by atoms with Crippen LogP contribution in [0.5, 0.6) is 0 Å². The fourth-order valence-corrected chi connectivity index (χ4v) is 2.79. The molecule has 1 aromatic rings. The van der Waals surface area contributed by atoms with Gasteiger partial charge in [0.15, 0.2) is 0 Å². The summed E-state index contributed by atoms with van der Waals surface area (Å²) in [6.07, 6.45) is 4.00. The van der Waals surface area contributed by atoms with Gasteiger partial charge in [-0.05, 0) is 30.2 Å². The number of carbonyl (C=O) groups is 1. The van der Waals surface area contributed by atoms with Gasteiger partial charge in [0.25, 0.3) is 0 Å². The maximum absolute atomic E-state index is 11.7. The van der Waals surface area contributed by atoms with Gasteiger partial charge in [0.1, 0.15) is 0 Å². The van der Waals surface area contributed by atoms with Gasteiger partial charge in [-0.15, -0.1) is 0 Å². The van der Waals surface area contributed by atoms with Crippen molar-refractivity contribution >= 4 is 5.91 Å². The number of amides is 1. The van der Waals surface area contributed by atoms with E-state index in [1.807, 2.05) is 11.8 Å². The summed E-state index contributed by atoms with van der Waals surface area (Å²) >= 11 is 0. The highest BCUT2D eigenvalue weighted by atomic mass is 16.2. The molecule has 0 saturated carbocycles. The molecule has 2 heteroatoms. The average molecular weight is 245 g/mol. The van der Waals surface area contributed by atoms with Crippen LogP contribution in [0.15, 0.2) is 30.3 Å². The molecular formula is C16H23NO. The summed E-state index contributed by atoms with van der Waals surface area (Å²) < 4.78 is 0. The largest absolute Gasteiger partial charge is 0.343 e. The van der Waals surface area contributed by atoms with E-state index in [2.05, 4.69) is 37.3 Å². The van der Waals surface area contributed by atoms with E-state index in [1.165, 1.54) is 5.56 Å². The Balaban J connectivity index is 1.93. The zero-order valence-corrected chi connectivity index (χ0v) is 11.5. The van der Waals surface area contributed by atoms with Crippen LogP contribution in [-0.4, -0.2) is 23.9 Å². The fraction of sp³-hybridized carbons (Fsp3) is 0.562. The topological polar surface area (TPSA) is 20.3 Å². The van der Waals surface area contributed by atoms with Crippen LogP contribution in [0.3, 0.4) is 0 Å². The predicted octanol–water partition coefficient (Wildman–Crippen LogP) is 3.27. The molecule has 0 unspecified atom stereocenters. The molecule has 0 radical (unpaired) electrons. The average Bonchev–Trinajstić information content (AvgIpc) is 2.39. The molecule has 0 spiro atoms.